The van der Waals surface area contributed by atoms with Crippen LogP contribution in [0.25, 0.3) is 0 Å². The Kier molecular flexibility index (Phi) is 6.70. The molecule has 1 fully saturated rings. The molecular weight excluding hydrogens is 446 g/mol. The molecule has 4 rings (SSSR count). The number of nitrogens with zero attached hydrogens (tertiary/aromatic N) is 1. The highest BCUT2D eigenvalue weighted by molar-refractivity contribution is 7.14. The largest absolute Gasteiger partial charge is 0.395 e. The van der Waals surface area contributed by atoms with Gasteiger partial charge in [0.15, 0.2) is 5.78 Å². The fourth-order valence-corrected chi connectivity index (χ4v) is 10.3. The van der Waals surface area contributed by atoms with E-state index in [0.29, 0.717) is 19.5 Å². The minimum absolute atomic E-state index is 0.0424. The molecule has 1 saturated heterocycles. The molecule has 2 heterocycles. The van der Waals surface area contributed by atoms with Gasteiger partial charge in [0.05, 0.1) is 11.4 Å². The van der Waals surface area contributed by atoms with Crippen molar-refractivity contribution in [1.29, 1.82) is 0 Å². The minimum Gasteiger partial charge on any atom is -0.395 e. The van der Waals surface area contributed by atoms with E-state index in [1.54, 1.807) is 6.92 Å². The lowest BCUT2D eigenvalue weighted by Crippen LogP contribution is -2.68. The van der Waals surface area contributed by atoms with Crippen molar-refractivity contribution < 1.29 is 14.0 Å². The second-order valence-corrected chi connectivity index (χ2v) is 15.1. The number of thiophene rings is 1. The maximum atomic E-state index is 13.5. The quantitative estimate of drug-likeness (QED) is 0.368. The highest BCUT2D eigenvalue weighted by Gasteiger charge is 2.53. The lowest BCUT2D eigenvalue weighted by atomic mass is 10.2. The summed E-state index contributed by atoms with van der Waals surface area (Å²) in [6.07, 6.45) is 0.206. The standard InChI is InChI=1S/C27H31NO3SSi/c1-20(29)25-16-15-21(32-25)19-28-18-17-24(26(28)30)31-33(27(2,3)4,22-11-7-5-8-12-22)23-13-9-6-10-14-23/h5-16,24H,17-19H2,1-4H3. The van der Waals surface area contributed by atoms with Gasteiger partial charge >= 0.3 is 0 Å². The lowest BCUT2D eigenvalue weighted by Gasteiger charge is -2.44. The van der Waals surface area contributed by atoms with Crippen LogP contribution in [0.15, 0.2) is 72.8 Å². The third-order valence-electron chi connectivity index (χ3n) is 6.34. The summed E-state index contributed by atoms with van der Waals surface area (Å²) in [6, 6.07) is 24.7. The molecule has 1 aromatic heterocycles. The zero-order valence-electron chi connectivity index (χ0n) is 19.7. The van der Waals surface area contributed by atoms with E-state index < -0.39 is 14.4 Å². The Morgan fingerprint density at radius 2 is 1.58 bits per heavy atom. The van der Waals surface area contributed by atoms with E-state index in [4.69, 9.17) is 4.43 Å². The van der Waals surface area contributed by atoms with Crippen molar-refractivity contribution in [3.63, 3.8) is 0 Å². The molecule has 1 aliphatic rings. The first-order valence-corrected chi connectivity index (χ1v) is 14.1. The van der Waals surface area contributed by atoms with E-state index in [2.05, 4.69) is 69.3 Å². The minimum atomic E-state index is -2.78. The van der Waals surface area contributed by atoms with Crippen LogP contribution in [0.1, 0.15) is 48.7 Å². The third kappa shape index (κ3) is 4.60. The summed E-state index contributed by atoms with van der Waals surface area (Å²) in [5.41, 5.74) is 0. The van der Waals surface area contributed by atoms with Crippen molar-refractivity contribution >= 4 is 41.7 Å². The molecule has 0 saturated carbocycles. The van der Waals surface area contributed by atoms with E-state index in [0.717, 1.165) is 9.75 Å². The molecule has 0 bridgehead atoms. The van der Waals surface area contributed by atoms with Crippen LogP contribution in [0.4, 0.5) is 0 Å². The van der Waals surface area contributed by atoms with Crippen LogP contribution in [0.2, 0.25) is 5.04 Å². The van der Waals surface area contributed by atoms with E-state index in [9.17, 15) is 9.59 Å². The highest BCUT2D eigenvalue weighted by atomic mass is 32.1. The average Bonchev–Trinajstić information content (AvgIpc) is 3.40. The van der Waals surface area contributed by atoms with Gasteiger partial charge in [-0.3, -0.25) is 9.59 Å². The van der Waals surface area contributed by atoms with E-state index >= 15 is 0 Å². The zero-order chi connectivity index (χ0) is 23.6. The van der Waals surface area contributed by atoms with Crippen LogP contribution in [-0.2, 0) is 15.8 Å². The van der Waals surface area contributed by atoms with Crippen molar-refractivity contribution in [1.82, 2.24) is 4.90 Å². The first-order valence-electron chi connectivity index (χ1n) is 11.4. The fraction of sp³-hybridized carbons (Fsp3) is 0.333. The van der Waals surface area contributed by atoms with E-state index in [1.165, 1.54) is 21.7 Å². The number of carbonyl (C=O) groups is 2. The van der Waals surface area contributed by atoms with Crippen LogP contribution >= 0.6 is 11.3 Å². The molecule has 2 aromatic carbocycles. The summed E-state index contributed by atoms with van der Waals surface area (Å²) < 4.78 is 7.06. The van der Waals surface area contributed by atoms with Crippen molar-refractivity contribution in [2.75, 3.05) is 6.54 Å². The van der Waals surface area contributed by atoms with E-state index in [1.807, 2.05) is 29.2 Å². The molecule has 1 amide bonds. The van der Waals surface area contributed by atoms with Gasteiger partial charge in [-0.15, -0.1) is 11.3 Å². The van der Waals surface area contributed by atoms with Crippen molar-refractivity contribution in [2.24, 2.45) is 0 Å². The smallest absolute Gasteiger partial charge is 0.262 e. The number of rotatable bonds is 7. The Bertz CT molecular complexity index is 1080. The molecule has 3 aromatic rings. The number of benzene rings is 2. The lowest BCUT2D eigenvalue weighted by molar-refractivity contribution is -0.134. The van der Waals surface area contributed by atoms with Crippen LogP contribution in [-0.4, -0.2) is 37.6 Å². The second-order valence-electron chi connectivity index (χ2n) is 9.64. The second kappa shape index (κ2) is 9.37. The molecule has 1 aliphatic heterocycles. The topological polar surface area (TPSA) is 46.6 Å². The first-order chi connectivity index (χ1) is 15.7. The molecule has 33 heavy (non-hydrogen) atoms. The van der Waals surface area contributed by atoms with Crippen LogP contribution in [0.3, 0.4) is 0 Å². The maximum absolute atomic E-state index is 13.5. The molecule has 6 heteroatoms. The third-order valence-corrected chi connectivity index (χ3v) is 12.6. The SMILES string of the molecule is CC(=O)c1ccc(CN2CCC(O[Si](c3ccccc3)(c3ccccc3)C(C)(C)C)C2=O)s1. The average molecular weight is 478 g/mol. The van der Waals surface area contributed by atoms with Gasteiger partial charge in [-0.2, -0.15) is 0 Å². The predicted octanol–water partition coefficient (Wildman–Crippen LogP) is 4.63. The molecule has 172 valence electrons. The van der Waals surface area contributed by atoms with Crippen LogP contribution < -0.4 is 10.4 Å². The summed E-state index contributed by atoms with van der Waals surface area (Å²) in [4.78, 5) is 28.8. The van der Waals surface area contributed by atoms with Gasteiger partial charge in [0, 0.05) is 11.4 Å². The number of Topliss-reactive ketones (excluding diaryl/α,β-unsaturated/α-hetero) is 1. The summed E-state index contributed by atoms with van der Waals surface area (Å²) in [5, 5.41) is 2.19. The number of hydrogen-bond acceptors (Lipinski definition) is 4. The number of ketones is 1. The van der Waals surface area contributed by atoms with Gasteiger partial charge in [-0.25, -0.2) is 0 Å². The van der Waals surface area contributed by atoms with Crippen molar-refractivity contribution in [3.05, 3.63) is 82.6 Å². The molecule has 0 spiro atoms. The Hall–Kier alpha value is -2.54. The fourth-order valence-electron chi connectivity index (χ4n) is 4.72. The maximum Gasteiger partial charge on any atom is 0.262 e. The Morgan fingerprint density at radius 3 is 2.06 bits per heavy atom. The Labute approximate surface area is 201 Å². The molecule has 4 nitrogen and oxygen atoms in total. The first kappa shape index (κ1) is 23.6. The van der Waals surface area contributed by atoms with Gasteiger partial charge in [0.1, 0.15) is 6.10 Å². The number of likely N-dealkylation sites (tertiary alicyclic amines) is 1. The molecular formula is C27H31NO3SSi. The van der Waals surface area contributed by atoms with Gasteiger partial charge in [-0.05, 0) is 40.9 Å². The molecule has 0 radical (unpaired) electrons. The number of amides is 1. The van der Waals surface area contributed by atoms with Crippen LogP contribution in [0, 0.1) is 0 Å². The zero-order valence-corrected chi connectivity index (χ0v) is 21.5. The number of carbonyl (C=O) groups excluding carboxylic acids is 2. The highest BCUT2D eigenvalue weighted by Crippen LogP contribution is 2.38. The van der Waals surface area contributed by atoms with Crippen molar-refractivity contribution in [3.8, 4) is 0 Å². The normalized spacial score (nSPS) is 16.9. The summed E-state index contributed by atoms with van der Waals surface area (Å²) in [7, 11) is -2.78. The Balaban J connectivity index is 1.65. The monoisotopic (exact) mass is 477 g/mol. The number of hydrogen-bond donors (Lipinski definition) is 0. The van der Waals surface area contributed by atoms with Gasteiger partial charge in [-0.1, -0.05) is 81.4 Å². The van der Waals surface area contributed by atoms with Crippen LogP contribution in [0.5, 0.6) is 0 Å². The van der Waals surface area contributed by atoms with E-state index in [-0.39, 0.29) is 16.7 Å². The Morgan fingerprint density at radius 1 is 1.00 bits per heavy atom. The van der Waals surface area contributed by atoms with Gasteiger partial charge in [0.2, 0.25) is 0 Å². The summed E-state index contributed by atoms with van der Waals surface area (Å²) >= 11 is 1.47. The molecule has 1 atom stereocenters. The molecule has 0 N–H and O–H groups in total. The predicted molar refractivity (Wildman–Crippen MR) is 137 cm³/mol. The summed E-state index contributed by atoms with van der Waals surface area (Å²) in [6.45, 7) is 9.44. The molecule has 1 unspecified atom stereocenters. The summed E-state index contributed by atoms with van der Waals surface area (Å²) in [5.74, 6) is 0.104. The van der Waals surface area contributed by atoms with Gasteiger partial charge < -0.3 is 9.33 Å². The van der Waals surface area contributed by atoms with Crippen molar-refractivity contribution in [2.45, 2.75) is 51.8 Å². The van der Waals surface area contributed by atoms with Gasteiger partial charge in [0.25, 0.3) is 14.2 Å². The molecule has 0 aliphatic carbocycles.